The maximum atomic E-state index is 14.0. The Balaban J connectivity index is 1.52. The third-order valence-corrected chi connectivity index (χ3v) is 8.41. The molecule has 3 aromatic carbocycles. The van der Waals surface area contributed by atoms with Crippen molar-refractivity contribution < 1.29 is 14.3 Å². The van der Waals surface area contributed by atoms with Crippen LogP contribution in [0, 0.1) is 13.8 Å². The van der Waals surface area contributed by atoms with Gasteiger partial charge in [0.25, 0.3) is 5.91 Å². The third kappa shape index (κ3) is 6.09. The molecule has 11 heteroatoms. The number of carbonyl (C=O) groups is 1. The number of anilines is 2. The Kier molecular flexibility index (Phi) is 9.01. The molecule has 0 bridgehead atoms. The summed E-state index contributed by atoms with van der Waals surface area (Å²) >= 11 is 13.9. The molecule has 1 aliphatic rings. The van der Waals surface area contributed by atoms with Gasteiger partial charge in [0, 0.05) is 27.0 Å². The van der Waals surface area contributed by atoms with E-state index in [0.29, 0.717) is 43.9 Å². The number of allylic oxidation sites excluding steroid dienone is 1. The lowest BCUT2D eigenvalue weighted by Crippen LogP contribution is -2.31. The third-order valence-electron chi connectivity index (χ3n) is 7.11. The fraction of sp³-hybridized carbons (Fsp3) is 0.258. The number of fused-ring (bicyclic) bond motifs is 1. The first-order valence-corrected chi connectivity index (χ1v) is 15.1. The second-order valence-electron chi connectivity index (χ2n) is 9.80. The number of hydrogen-bond donors (Lipinski definition) is 2. The van der Waals surface area contributed by atoms with E-state index in [1.807, 2.05) is 70.2 Å². The van der Waals surface area contributed by atoms with E-state index >= 15 is 0 Å². The molecule has 42 heavy (non-hydrogen) atoms. The van der Waals surface area contributed by atoms with E-state index in [2.05, 4.69) is 15.6 Å². The molecule has 1 unspecified atom stereocenters. The van der Waals surface area contributed by atoms with Gasteiger partial charge >= 0.3 is 0 Å². The van der Waals surface area contributed by atoms with Crippen LogP contribution in [-0.4, -0.2) is 33.5 Å². The summed E-state index contributed by atoms with van der Waals surface area (Å²) in [6.07, 6.45) is 0. The Morgan fingerprint density at radius 3 is 2.64 bits per heavy atom. The Bertz CT molecular complexity index is 1690. The number of benzene rings is 3. The van der Waals surface area contributed by atoms with Crippen molar-refractivity contribution in [1.29, 1.82) is 0 Å². The summed E-state index contributed by atoms with van der Waals surface area (Å²) in [5.41, 5.74) is 5.65. The molecular formula is C31H31Cl2N5O3S. The van der Waals surface area contributed by atoms with E-state index in [1.54, 1.807) is 23.9 Å². The molecule has 0 fully saturated rings. The summed E-state index contributed by atoms with van der Waals surface area (Å²) in [6.45, 7) is 8.16. The molecule has 218 valence electrons. The fourth-order valence-electron chi connectivity index (χ4n) is 4.77. The molecule has 0 saturated heterocycles. The summed E-state index contributed by atoms with van der Waals surface area (Å²) in [4.78, 5) is 18.6. The summed E-state index contributed by atoms with van der Waals surface area (Å²) in [5.74, 6) is 2.18. The molecule has 5 rings (SSSR count). The second-order valence-corrected chi connectivity index (χ2v) is 11.9. The maximum absolute atomic E-state index is 14.0. The Hall–Kier alpha value is -3.66. The fourth-order valence-corrected chi connectivity index (χ4v) is 5.79. The van der Waals surface area contributed by atoms with Crippen LogP contribution >= 0.6 is 35.0 Å². The van der Waals surface area contributed by atoms with Gasteiger partial charge in [-0.05, 0) is 73.5 Å². The van der Waals surface area contributed by atoms with Crippen LogP contribution in [-0.2, 0) is 11.4 Å². The van der Waals surface area contributed by atoms with Crippen LogP contribution in [0.5, 0.6) is 11.5 Å². The number of halogens is 2. The van der Waals surface area contributed by atoms with Crippen LogP contribution in [0.2, 0.25) is 10.0 Å². The standard InChI is InChI=1S/C31H31Cl2N5O3S/c1-6-42-31-36-30-34-19(4)27(29(39)35-24-9-7-8-17(2)18(24)3)28(38(30)37-31)20-11-13-25(26(14-20)40-5)41-16-21-10-12-22(32)15-23(21)33/h7-15,28H,6,16H2,1-5H3,(H,35,39)(H,34,36,37). The lowest BCUT2D eigenvalue weighted by molar-refractivity contribution is -0.113. The smallest absolute Gasteiger partial charge is 0.255 e. The highest BCUT2D eigenvalue weighted by Gasteiger charge is 2.35. The van der Waals surface area contributed by atoms with E-state index in [4.69, 9.17) is 37.8 Å². The number of ether oxygens (including phenoxy) is 2. The molecule has 0 spiro atoms. The van der Waals surface area contributed by atoms with E-state index in [1.165, 1.54) is 11.8 Å². The van der Waals surface area contributed by atoms with E-state index in [0.717, 1.165) is 33.7 Å². The molecule has 4 aromatic rings. The van der Waals surface area contributed by atoms with Gasteiger partial charge in [0.1, 0.15) is 12.6 Å². The molecular weight excluding hydrogens is 593 g/mol. The van der Waals surface area contributed by atoms with Crippen LogP contribution in [0.15, 0.2) is 71.0 Å². The average molecular weight is 625 g/mol. The Morgan fingerprint density at radius 1 is 1.10 bits per heavy atom. The molecule has 2 N–H and O–H groups in total. The molecule has 1 aromatic heterocycles. The molecule has 0 saturated carbocycles. The van der Waals surface area contributed by atoms with Crippen molar-refractivity contribution in [2.75, 3.05) is 23.5 Å². The van der Waals surface area contributed by atoms with Crippen LogP contribution in [0.3, 0.4) is 0 Å². The van der Waals surface area contributed by atoms with Crippen molar-refractivity contribution in [3.63, 3.8) is 0 Å². The first-order chi connectivity index (χ1) is 20.2. The molecule has 2 heterocycles. The number of carbonyl (C=O) groups excluding carboxylic acids is 1. The molecule has 8 nitrogen and oxygen atoms in total. The zero-order chi connectivity index (χ0) is 30.0. The number of aryl methyl sites for hydroxylation is 1. The van der Waals surface area contributed by atoms with Gasteiger partial charge in [0.2, 0.25) is 11.1 Å². The van der Waals surface area contributed by atoms with Crippen molar-refractivity contribution in [2.45, 2.75) is 45.5 Å². The van der Waals surface area contributed by atoms with Gasteiger partial charge in [-0.1, -0.05) is 66.2 Å². The number of nitrogens with zero attached hydrogens (tertiary/aromatic N) is 3. The maximum Gasteiger partial charge on any atom is 0.255 e. The monoisotopic (exact) mass is 623 g/mol. The Morgan fingerprint density at radius 2 is 1.90 bits per heavy atom. The topological polar surface area (TPSA) is 90.3 Å². The minimum absolute atomic E-state index is 0.229. The van der Waals surface area contributed by atoms with Gasteiger partial charge in [-0.25, -0.2) is 4.68 Å². The SMILES string of the molecule is CCSc1nc2n(n1)C(c1ccc(OCc3ccc(Cl)cc3Cl)c(OC)c1)C(C(=O)Nc1cccc(C)c1C)=C(C)N2. The minimum atomic E-state index is -0.571. The Labute approximate surface area is 259 Å². The van der Waals surface area contributed by atoms with Crippen LogP contribution in [0.4, 0.5) is 11.6 Å². The molecule has 1 atom stereocenters. The predicted molar refractivity (Wildman–Crippen MR) is 169 cm³/mol. The van der Waals surface area contributed by atoms with Gasteiger partial charge in [0.05, 0.1) is 12.7 Å². The highest BCUT2D eigenvalue weighted by Crippen LogP contribution is 2.40. The molecule has 1 amide bonds. The molecule has 0 radical (unpaired) electrons. The van der Waals surface area contributed by atoms with Gasteiger partial charge in [-0.3, -0.25) is 4.79 Å². The summed E-state index contributed by atoms with van der Waals surface area (Å²) < 4.78 is 13.6. The zero-order valence-electron chi connectivity index (χ0n) is 23.9. The van der Waals surface area contributed by atoms with Crippen molar-refractivity contribution in [3.8, 4) is 11.5 Å². The molecule has 0 aliphatic carbocycles. The van der Waals surface area contributed by atoms with Crippen LogP contribution < -0.4 is 20.1 Å². The highest BCUT2D eigenvalue weighted by atomic mass is 35.5. The van der Waals surface area contributed by atoms with Crippen LogP contribution in [0.25, 0.3) is 0 Å². The van der Waals surface area contributed by atoms with Crippen molar-refractivity contribution in [2.24, 2.45) is 0 Å². The first kappa shape index (κ1) is 29.8. The van der Waals surface area contributed by atoms with Gasteiger partial charge in [-0.15, -0.1) is 5.10 Å². The van der Waals surface area contributed by atoms with E-state index < -0.39 is 6.04 Å². The normalized spacial score (nSPS) is 14.3. The minimum Gasteiger partial charge on any atom is -0.493 e. The number of methoxy groups -OCH3 is 1. The van der Waals surface area contributed by atoms with Gasteiger partial charge in [-0.2, -0.15) is 4.98 Å². The summed E-state index contributed by atoms with van der Waals surface area (Å²) in [7, 11) is 1.58. The van der Waals surface area contributed by atoms with Crippen molar-refractivity contribution >= 4 is 52.5 Å². The number of nitrogens with one attached hydrogen (secondary N) is 2. The average Bonchev–Trinajstić information content (AvgIpc) is 3.36. The predicted octanol–water partition coefficient (Wildman–Crippen LogP) is 7.83. The van der Waals surface area contributed by atoms with Crippen LogP contribution in [0.1, 0.15) is 42.1 Å². The number of hydrogen-bond acceptors (Lipinski definition) is 7. The number of thioether (sulfide) groups is 1. The summed E-state index contributed by atoms with van der Waals surface area (Å²) in [5, 5.41) is 12.9. The highest BCUT2D eigenvalue weighted by molar-refractivity contribution is 7.99. The lowest BCUT2D eigenvalue weighted by Gasteiger charge is -2.29. The van der Waals surface area contributed by atoms with Gasteiger partial charge < -0.3 is 20.1 Å². The van der Waals surface area contributed by atoms with E-state index in [9.17, 15) is 4.79 Å². The van der Waals surface area contributed by atoms with E-state index in [-0.39, 0.29) is 12.5 Å². The van der Waals surface area contributed by atoms with Crippen molar-refractivity contribution in [1.82, 2.24) is 14.8 Å². The zero-order valence-corrected chi connectivity index (χ0v) is 26.2. The summed E-state index contributed by atoms with van der Waals surface area (Å²) in [6, 6.07) is 16.2. The quantitative estimate of drug-likeness (QED) is 0.184. The number of rotatable bonds is 9. The second kappa shape index (κ2) is 12.7. The lowest BCUT2D eigenvalue weighted by atomic mass is 9.94. The number of amides is 1. The van der Waals surface area contributed by atoms with Crippen molar-refractivity contribution in [3.05, 3.63) is 98.2 Å². The number of aromatic nitrogens is 3. The van der Waals surface area contributed by atoms with Gasteiger partial charge in [0.15, 0.2) is 11.5 Å². The molecule has 1 aliphatic heterocycles. The first-order valence-electron chi connectivity index (χ1n) is 13.4. The largest absolute Gasteiger partial charge is 0.493 e.